The van der Waals surface area contributed by atoms with Gasteiger partial charge in [-0.3, -0.25) is 0 Å². The van der Waals surface area contributed by atoms with E-state index in [1.54, 1.807) is 24.5 Å². The molecule has 0 amide bonds. The molecule has 0 saturated heterocycles. The molecule has 9 heteroatoms. The van der Waals surface area contributed by atoms with Gasteiger partial charge in [0.05, 0.1) is 18.5 Å². The molecule has 2 aromatic heterocycles. The number of hydrogen-bond acceptors (Lipinski definition) is 6. The second-order valence-electron chi connectivity index (χ2n) is 6.42. The predicted molar refractivity (Wildman–Crippen MR) is 104 cm³/mol. The van der Waals surface area contributed by atoms with Crippen molar-refractivity contribution >= 4 is 11.8 Å². The predicted octanol–water partition coefficient (Wildman–Crippen LogP) is 5.46. The fourth-order valence-electron chi connectivity index (χ4n) is 2.52. The van der Waals surface area contributed by atoms with E-state index in [0.717, 1.165) is 12.2 Å². The molecule has 0 spiro atoms. The molecule has 2 heterocycles. The summed E-state index contributed by atoms with van der Waals surface area (Å²) < 4.78 is 46.9. The highest BCUT2D eigenvalue weighted by Gasteiger charge is 2.31. The van der Waals surface area contributed by atoms with Crippen LogP contribution in [0.5, 0.6) is 5.75 Å². The number of nitrogens with zero attached hydrogens (tertiary/aromatic N) is 2. The molecule has 2 N–H and O–H groups in total. The first-order chi connectivity index (χ1) is 13.8. The second-order valence-corrected chi connectivity index (χ2v) is 6.42. The topological polar surface area (TPSA) is 72.2 Å². The molecule has 6 nitrogen and oxygen atoms in total. The normalized spacial score (nSPS) is 12.4. The van der Waals surface area contributed by atoms with Crippen molar-refractivity contribution in [3.05, 3.63) is 54.5 Å². The molecule has 0 unspecified atom stereocenters. The average Bonchev–Trinajstić information content (AvgIpc) is 3.18. The maximum atomic E-state index is 12.5. The van der Waals surface area contributed by atoms with Crippen LogP contribution in [0, 0.1) is 0 Å². The van der Waals surface area contributed by atoms with Crippen LogP contribution in [-0.2, 0) is 6.54 Å². The molecule has 0 aliphatic rings. The van der Waals surface area contributed by atoms with Crippen LogP contribution in [0.3, 0.4) is 0 Å². The van der Waals surface area contributed by atoms with Crippen LogP contribution in [0.25, 0.3) is 11.3 Å². The first kappa shape index (κ1) is 20.5. The lowest BCUT2D eigenvalue weighted by Gasteiger charge is -2.15. The van der Waals surface area contributed by atoms with Gasteiger partial charge >= 0.3 is 6.36 Å². The third-order valence-electron chi connectivity index (χ3n) is 4.10. The molecule has 0 radical (unpaired) electrons. The lowest BCUT2D eigenvalue weighted by molar-refractivity contribution is -0.274. The molecular formula is C20H21F3N4O2. The molecule has 29 heavy (non-hydrogen) atoms. The maximum Gasteiger partial charge on any atom is 0.573 e. The quantitative estimate of drug-likeness (QED) is 0.518. The van der Waals surface area contributed by atoms with Crippen LogP contribution in [0.1, 0.15) is 26.0 Å². The zero-order valence-electron chi connectivity index (χ0n) is 16.0. The number of hydrogen-bond donors (Lipinski definition) is 2. The van der Waals surface area contributed by atoms with Crippen molar-refractivity contribution < 1.29 is 22.3 Å². The van der Waals surface area contributed by atoms with Crippen molar-refractivity contribution in [3.8, 4) is 17.0 Å². The van der Waals surface area contributed by atoms with Crippen LogP contribution >= 0.6 is 0 Å². The Labute approximate surface area is 166 Å². The zero-order valence-corrected chi connectivity index (χ0v) is 16.0. The van der Waals surface area contributed by atoms with Crippen LogP contribution in [0.2, 0.25) is 0 Å². The molecule has 154 valence electrons. The van der Waals surface area contributed by atoms with Gasteiger partial charge in [0.15, 0.2) is 0 Å². The van der Waals surface area contributed by atoms with E-state index < -0.39 is 6.36 Å². The molecule has 0 aliphatic carbocycles. The van der Waals surface area contributed by atoms with E-state index in [1.807, 2.05) is 19.9 Å². The minimum Gasteiger partial charge on any atom is -0.467 e. The first-order valence-corrected chi connectivity index (χ1v) is 9.10. The standard InChI is InChI=1S/C20H21F3N4O2/c1-3-13(2)25-19-26-17(11-18(27-19)24-12-16-8-5-9-28-16)14-6-4-7-15(10-14)29-20(21,22)23/h4-11,13H,3,12H2,1-2H3,(H2,24,25,26,27)/t13-/m1/s1. The van der Waals surface area contributed by atoms with Crippen LogP contribution in [-0.4, -0.2) is 22.4 Å². The molecule has 1 atom stereocenters. The molecule has 0 fully saturated rings. The van der Waals surface area contributed by atoms with Gasteiger partial charge in [-0.25, -0.2) is 4.98 Å². The van der Waals surface area contributed by atoms with E-state index in [-0.39, 0.29) is 11.8 Å². The van der Waals surface area contributed by atoms with E-state index in [0.29, 0.717) is 29.6 Å². The Morgan fingerprint density at radius 3 is 2.66 bits per heavy atom. The molecule has 3 aromatic rings. The Morgan fingerprint density at radius 1 is 1.14 bits per heavy atom. The van der Waals surface area contributed by atoms with E-state index in [2.05, 4.69) is 25.3 Å². The Balaban J connectivity index is 1.90. The number of rotatable bonds is 8. The first-order valence-electron chi connectivity index (χ1n) is 9.10. The average molecular weight is 406 g/mol. The van der Waals surface area contributed by atoms with Crippen LogP contribution in [0.15, 0.2) is 53.1 Å². The van der Waals surface area contributed by atoms with E-state index in [1.165, 1.54) is 18.2 Å². The number of ether oxygens (including phenoxy) is 1. The lowest BCUT2D eigenvalue weighted by atomic mass is 10.1. The maximum absolute atomic E-state index is 12.5. The monoisotopic (exact) mass is 406 g/mol. The third-order valence-corrected chi connectivity index (χ3v) is 4.10. The molecule has 1 aromatic carbocycles. The largest absolute Gasteiger partial charge is 0.573 e. The van der Waals surface area contributed by atoms with Crippen molar-refractivity contribution in [2.24, 2.45) is 0 Å². The fraction of sp³-hybridized carbons (Fsp3) is 0.300. The van der Waals surface area contributed by atoms with Crippen LogP contribution in [0.4, 0.5) is 24.9 Å². The summed E-state index contributed by atoms with van der Waals surface area (Å²) in [6.07, 6.45) is -2.33. The molecule has 0 bridgehead atoms. The number of alkyl halides is 3. The van der Waals surface area contributed by atoms with E-state index >= 15 is 0 Å². The number of furan rings is 1. The van der Waals surface area contributed by atoms with E-state index in [9.17, 15) is 13.2 Å². The van der Waals surface area contributed by atoms with Gasteiger partial charge in [-0.2, -0.15) is 4.98 Å². The van der Waals surface area contributed by atoms with Gasteiger partial charge in [-0.15, -0.1) is 13.2 Å². The number of halogens is 3. The molecule has 3 rings (SSSR count). The number of benzene rings is 1. The zero-order chi connectivity index (χ0) is 20.9. The highest BCUT2D eigenvalue weighted by molar-refractivity contribution is 5.66. The summed E-state index contributed by atoms with van der Waals surface area (Å²) >= 11 is 0. The van der Waals surface area contributed by atoms with Gasteiger partial charge in [0.1, 0.15) is 17.3 Å². The highest BCUT2D eigenvalue weighted by Crippen LogP contribution is 2.29. The SMILES string of the molecule is CC[C@@H](C)Nc1nc(NCc2ccco2)cc(-c2cccc(OC(F)(F)F)c2)n1. The van der Waals surface area contributed by atoms with Gasteiger partial charge in [-0.1, -0.05) is 19.1 Å². The summed E-state index contributed by atoms with van der Waals surface area (Å²) in [5, 5.41) is 6.34. The van der Waals surface area contributed by atoms with Crippen LogP contribution < -0.4 is 15.4 Å². The Morgan fingerprint density at radius 2 is 1.97 bits per heavy atom. The Bertz CT molecular complexity index is 930. The van der Waals surface area contributed by atoms with E-state index in [4.69, 9.17) is 4.42 Å². The summed E-state index contributed by atoms with van der Waals surface area (Å²) in [5.74, 6) is 1.30. The smallest absolute Gasteiger partial charge is 0.467 e. The van der Waals surface area contributed by atoms with Crippen molar-refractivity contribution in [1.82, 2.24) is 9.97 Å². The highest BCUT2D eigenvalue weighted by atomic mass is 19.4. The van der Waals surface area contributed by atoms with Crippen molar-refractivity contribution in [2.75, 3.05) is 10.6 Å². The van der Waals surface area contributed by atoms with Crippen molar-refractivity contribution in [3.63, 3.8) is 0 Å². The Hall–Kier alpha value is -3.23. The minimum absolute atomic E-state index is 0.128. The number of aromatic nitrogens is 2. The third kappa shape index (κ3) is 6.13. The van der Waals surface area contributed by atoms with Gasteiger partial charge in [0.25, 0.3) is 0 Å². The van der Waals surface area contributed by atoms with Gasteiger partial charge in [0, 0.05) is 17.7 Å². The van der Waals surface area contributed by atoms with Gasteiger partial charge in [-0.05, 0) is 37.6 Å². The number of nitrogens with one attached hydrogen (secondary N) is 2. The van der Waals surface area contributed by atoms with Crippen molar-refractivity contribution in [2.45, 2.75) is 39.2 Å². The lowest BCUT2D eigenvalue weighted by Crippen LogP contribution is -2.17. The molecule has 0 saturated carbocycles. The minimum atomic E-state index is -4.76. The van der Waals surface area contributed by atoms with Crippen molar-refractivity contribution in [1.29, 1.82) is 0 Å². The second kappa shape index (κ2) is 8.85. The number of anilines is 2. The summed E-state index contributed by atoms with van der Waals surface area (Å²) in [6, 6.07) is 11.1. The summed E-state index contributed by atoms with van der Waals surface area (Å²) in [5.41, 5.74) is 0.933. The summed E-state index contributed by atoms with van der Waals surface area (Å²) in [6.45, 7) is 4.42. The van der Waals surface area contributed by atoms with Gasteiger partial charge in [0.2, 0.25) is 5.95 Å². The Kier molecular flexibility index (Phi) is 6.26. The summed E-state index contributed by atoms with van der Waals surface area (Å²) in [4.78, 5) is 8.89. The van der Waals surface area contributed by atoms with Gasteiger partial charge < -0.3 is 19.8 Å². The summed E-state index contributed by atoms with van der Waals surface area (Å²) in [7, 11) is 0. The fourth-order valence-corrected chi connectivity index (χ4v) is 2.52. The molecule has 0 aliphatic heterocycles. The molecular weight excluding hydrogens is 385 g/mol.